The maximum absolute atomic E-state index is 12.7. The first-order chi connectivity index (χ1) is 9.09. The van der Waals surface area contributed by atoms with E-state index in [0.29, 0.717) is 17.9 Å². The highest BCUT2D eigenvalue weighted by Gasteiger charge is 2.44. The maximum Gasteiger partial charge on any atom is 0.255 e. The molecule has 0 spiro atoms. The number of fused-ring (bicyclic) bond motifs is 1. The van der Waals surface area contributed by atoms with Gasteiger partial charge in [0.1, 0.15) is 0 Å². The first-order valence-electron chi connectivity index (χ1n) is 6.86. The molecule has 3 atom stereocenters. The number of nitrogens with zero attached hydrogens (tertiary/aromatic N) is 1. The molecule has 3 unspecified atom stereocenters. The molecule has 2 heterocycles. The normalized spacial score (nSPS) is 29.6. The number of carbonyl (C=O) groups excluding carboxylic acids is 1. The van der Waals surface area contributed by atoms with Crippen molar-refractivity contribution >= 4 is 21.8 Å². The van der Waals surface area contributed by atoms with E-state index in [9.17, 15) is 4.79 Å². The van der Waals surface area contributed by atoms with Crippen LogP contribution in [-0.2, 0) is 0 Å². The molecular weight excluding hydrogens is 304 g/mol. The van der Waals surface area contributed by atoms with E-state index < -0.39 is 0 Å². The summed E-state index contributed by atoms with van der Waals surface area (Å²) in [5.41, 5.74) is 1.90. The highest BCUT2D eigenvalue weighted by atomic mass is 79.9. The second-order valence-corrected chi connectivity index (χ2v) is 6.51. The zero-order valence-corrected chi connectivity index (χ0v) is 12.9. The van der Waals surface area contributed by atoms with Crippen LogP contribution in [0.4, 0.5) is 0 Å². The van der Waals surface area contributed by atoms with Crippen molar-refractivity contribution < 1.29 is 4.79 Å². The zero-order valence-electron chi connectivity index (χ0n) is 11.3. The van der Waals surface area contributed by atoms with Crippen molar-refractivity contribution in [3.63, 3.8) is 0 Å². The second-order valence-electron chi connectivity index (χ2n) is 5.72. The van der Waals surface area contributed by atoms with E-state index in [-0.39, 0.29) is 5.91 Å². The standard InChI is InChI=1S/C15H19BrN2O/c1-9-4-3-5-12(14(9)16)15(19)18-8-11-6-17-7-13(11)10(18)2/h3-5,10-11,13,17H,6-8H2,1-2H3. The molecule has 4 heteroatoms. The summed E-state index contributed by atoms with van der Waals surface area (Å²) in [4.78, 5) is 14.8. The lowest BCUT2D eigenvalue weighted by Gasteiger charge is -2.25. The van der Waals surface area contributed by atoms with Crippen molar-refractivity contribution in [1.82, 2.24) is 10.2 Å². The van der Waals surface area contributed by atoms with E-state index in [1.165, 1.54) is 0 Å². The fourth-order valence-corrected chi connectivity index (χ4v) is 3.84. The Balaban J connectivity index is 1.87. The number of rotatable bonds is 1. The Morgan fingerprint density at radius 3 is 2.95 bits per heavy atom. The number of amides is 1. The van der Waals surface area contributed by atoms with Crippen LogP contribution in [0.25, 0.3) is 0 Å². The lowest BCUT2D eigenvalue weighted by atomic mass is 9.95. The van der Waals surface area contributed by atoms with Crippen LogP contribution in [0, 0.1) is 18.8 Å². The second kappa shape index (κ2) is 4.91. The van der Waals surface area contributed by atoms with Crippen molar-refractivity contribution in [3.8, 4) is 0 Å². The number of aryl methyl sites for hydroxylation is 1. The Hall–Kier alpha value is -0.870. The minimum Gasteiger partial charge on any atom is -0.335 e. The van der Waals surface area contributed by atoms with Gasteiger partial charge in [0.05, 0.1) is 5.56 Å². The summed E-state index contributed by atoms with van der Waals surface area (Å²) in [6, 6.07) is 6.22. The molecular formula is C15H19BrN2O. The summed E-state index contributed by atoms with van der Waals surface area (Å²) in [6.45, 7) is 7.18. The van der Waals surface area contributed by atoms with Gasteiger partial charge in [0.25, 0.3) is 5.91 Å². The Morgan fingerprint density at radius 2 is 2.21 bits per heavy atom. The van der Waals surface area contributed by atoms with E-state index in [2.05, 4.69) is 33.1 Å². The molecule has 0 radical (unpaired) electrons. The minimum atomic E-state index is 0.164. The molecule has 0 aromatic heterocycles. The van der Waals surface area contributed by atoms with E-state index in [0.717, 1.165) is 35.2 Å². The quantitative estimate of drug-likeness (QED) is 0.861. The molecule has 1 aromatic rings. The van der Waals surface area contributed by atoms with Crippen molar-refractivity contribution in [2.75, 3.05) is 19.6 Å². The summed E-state index contributed by atoms with van der Waals surface area (Å²) >= 11 is 3.55. The number of benzene rings is 1. The molecule has 3 nitrogen and oxygen atoms in total. The van der Waals surface area contributed by atoms with Gasteiger partial charge >= 0.3 is 0 Å². The molecule has 1 N–H and O–H groups in total. The number of likely N-dealkylation sites (tertiary alicyclic amines) is 1. The van der Waals surface area contributed by atoms with E-state index >= 15 is 0 Å². The van der Waals surface area contributed by atoms with Gasteiger partial charge in [0, 0.05) is 30.1 Å². The number of hydrogen-bond donors (Lipinski definition) is 1. The molecule has 3 rings (SSSR count). The smallest absolute Gasteiger partial charge is 0.255 e. The third kappa shape index (κ3) is 2.11. The fourth-order valence-electron chi connectivity index (χ4n) is 3.40. The summed E-state index contributed by atoms with van der Waals surface area (Å²) in [5, 5.41) is 3.43. The highest BCUT2D eigenvalue weighted by Crippen LogP contribution is 2.34. The Morgan fingerprint density at radius 1 is 1.42 bits per heavy atom. The van der Waals surface area contributed by atoms with E-state index in [1.54, 1.807) is 0 Å². The third-order valence-corrected chi connectivity index (χ3v) is 5.67. The average molecular weight is 323 g/mol. The molecule has 2 saturated heterocycles. The van der Waals surface area contributed by atoms with Gasteiger partial charge < -0.3 is 10.2 Å². The van der Waals surface area contributed by atoms with Crippen molar-refractivity contribution in [2.45, 2.75) is 19.9 Å². The summed E-state index contributed by atoms with van der Waals surface area (Å²) < 4.78 is 0.933. The van der Waals surface area contributed by atoms with Gasteiger partial charge in [-0.25, -0.2) is 0 Å². The highest BCUT2D eigenvalue weighted by molar-refractivity contribution is 9.10. The van der Waals surface area contributed by atoms with E-state index in [4.69, 9.17) is 0 Å². The van der Waals surface area contributed by atoms with Crippen LogP contribution in [0.15, 0.2) is 22.7 Å². The first kappa shape index (κ1) is 13.1. The monoisotopic (exact) mass is 322 g/mol. The topological polar surface area (TPSA) is 32.3 Å². The largest absolute Gasteiger partial charge is 0.335 e. The zero-order chi connectivity index (χ0) is 13.6. The minimum absolute atomic E-state index is 0.164. The molecule has 2 fully saturated rings. The third-order valence-electron chi connectivity index (χ3n) is 4.62. The number of carbonyl (C=O) groups is 1. The van der Waals surface area contributed by atoms with Gasteiger partial charge in [-0.2, -0.15) is 0 Å². The average Bonchev–Trinajstić information content (AvgIpc) is 2.96. The maximum atomic E-state index is 12.7. The molecule has 2 aliphatic rings. The molecule has 0 aliphatic carbocycles. The summed E-state index contributed by atoms with van der Waals surface area (Å²) in [5.74, 6) is 1.41. The van der Waals surface area contributed by atoms with Gasteiger partial charge in [-0.3, -0.25) is 4.79 Å². The van der Waals surface area contributed by atoms with Crippen LogP contribution in [0.2, 0.25) is 0 Å². The number of halogens is 1. The Kier molecular flexibility index (Phi) is 3.39. The molecule has 19 heavy (non-hydrogen) atoms. The number of hydrogen-bond acceptors (Lipinski definition) is 2. The van der Waals surface area contributed by atoms with Crippen molar-refractivity contribution in [2.24, 2.45) is 11.8 Å². The van der Waals surface area contributed by atoms with Crippen molar-refractivity contribution in [3.05, 3.63) is 33.8 Å². The summed E-state index contributed by atoms with van der Waals surface area (Å²) in [7, 11) is 0. The molecule has 1 amide bonds. The van der Waals surface area contributed by atoms with Crippen LogP contribution in [0.1, 0.15) is 22.8 Å². The number of nitrogens with one attached hydrogen (secondary N) is 1. The predicted octanol–water partition coefficient (Wildman–Crippen LogP) is 2.44. The van der Waals surface area contributed by atoms with Crippen LogP contribution >= 0.6 is 15.9 Å². The first-order valence-corrected chi connectivity index (χ1v) is 7.65. The lowest BCUT2D eigenvalue weighted by molar-refractivity contribution is 0.0727. The fraction of sp³-hybridized carbons (Fsp3) is 0.533. The van der Waals surface area contributed by atoms with Crippen molar-refractivity contribution in [1.29, 1.82) is 0 Å². The van der Waals surface area contributed by atoms with Gasteiger partial charge in [0.2, 0.25) is 0 Å². The lowest BCUT2D eigenvalue weighted by Crippen LogP contribution is -2.38. The van der Waals surface area contributed by atoms with Gasteiger partial charge in [0.15, 0.2) is 0 Å². The Labute approximate surface area is 122 Å². The van der Waals surface area contributed by atoms with Crippen LogP contribution in [0.5, 0.6) is 0 Å². The predicted molar refractivity (Wildman–Crippen MR) is 79.2 cm³/mol. The Bertz CT molecular complexity index is 517. The van der Waals surface area contributed by atoms with Gasteiger partial charge in [-0.1, -0.05) is 12.1 Å². The molecule has 102 valence electrons. The molecule has 2 aliphatic heterocycles. The molecule has 1 aromatic carbocycles. The SMILES string of the molecule is Cc1cccc(C(=O)N2CC3CNCC3C2C)c1Br. The van der Waals surface area contributed by atoms with Gasteiger partial charge in [-0.05, 0) is 53.2 Å². The molecule has 0 saturated carbocycles. The van der Waals surface area contributed by atoms with Crippen LogP contribution < -0.4 is 5.32 Å². The van der Waals surface area contributed by atoms with Crippen LogP contribution in [0.3, 0.4) is 0 Å². The van der Waals surface area contributed by atoms with E-state index in [1.807, 2.05) is 25.1 Å². The van der Waals surface area contributed by atoms with Gasteiger partial charge in [-0.15, -0.1) is 0 Å². The molecule has 0 bridgehead atoms. The van der Waals surface area contributed by atoms with Crippen LogP contribution in [-0.4, -0.2) is 36.5 Å². The summed E-state index contributed by atoms with van der Waals surface area (Å²) in [6.07, 6.45) is 0.